The largest absolute Gasteiger partial charge is 0.409 e. The molecule has 0 saturated carbocycles. The average Bonchev–Trinajstić information content (AvgIpc) is 2.25. The Labute approximate surface area is 98.0 Å². The van der Waals surface area contributed by atoms with Gasteiger partial charge in [-0.15, -0.1) is 0 Å². The van der Waals surface area contributed by atoms with Gasteiger partial charge in [-0.3, -0.25) is 4.79 Å². The minimum atomic E-state index is -4.45. The highest BCUT2D eigenvalue weighted by Crippen LogP contribution is 2.18. The van der Waals surface area contributed by atoms with Crippen molar-refractivity contribution >= 4 is 5.78 Å². The zero-order valence-corrected chi connectivity index (χ0v) is 9.58. The summed E-state index contributed by atoms with van der Waals surface area (Å²) in [4.78, 5) is 11.4. The van der Waals surface area contributed by atoms with Crippen molar-refractivity contribution in [3.63, 3.8) is 0 Å². The number of hydrogen-bond acceptors (Lipinski definition) is 1. The number of rotatable bonds is 3. The zero-order chi connectivity index (χ0) is 13.1. The van der Waals surface area contributed by atoms with Crippen LogP contribution in [0.15, 0.2) is 36.4 Å². The van der Waals surface area contributed by atoms with Gasteiger partial charge in [0, 0.05) is 11.6 Å². The van der Waals surface area contributed by atoms with Crippen LogP contribution in [0.3, 0.4) is 0 Å². The maximum Gasteiger partial charge on any atom is 0.409 e. The lowest BCUT2D eigenvalue weighted by Crippen LogP contribution is -2.03. The van der Waals surface area contributed by atoms with Gasteiger partial charge < -0.3 is 0 Å². The quantitative estimate of drug-likeness (QED) is 0.575. The molecule has 0 amide bonds. The van der Waals surface area contributed by atoms with Gasteiger partial charge in [0.1, 0.15) is 0 Å². The molecule has 0 spiro atoms. The van der Waals surface area contributed by atoms with Crippen molar-refractivity contribution in [3.05, 3.63) is 47.5 Å². The highest BCUT2D eigenvalue weighted by atomic mass is 19.4. The molecule has 4 heteroatoms. The van der Waals surface area contributed by atoms with E-state index in [2.05, 4.69) is 0 Å². The molecule has 0 fully saturated rings. The van der Waals surface area contributed by atoms with E-state index in [9.17, 15) is 18.0 Å². The van der Waals surface area contributed by atoms with E-state index in [1.807, 2.05) is 13.8 Å². The van der Waals surface area contributed by atoms with Crippen molar-refractivity contribution < 1.29 is 18.0 Å². The topological polar surface area (TPSA) is 17.1 Å². The van der Waals surface area contributed by atoms with Gasteiger partial charge in [-0.05, 0) is 17.6 Å². The number of allylic oxidation sites excluding steroid dienone is 2. The highest BCUT2D eigenvalue weighted by Gasteiger charge is 2.22. The van der Waals surface area contributed by atoms with Crippen LogP contribution in [-0.2, 0) is 0 Å². The fourth-order valence-electron chi connectivity index (χ4n) is 1.30. The third-order valence-electron chi connectivity index (χ3n) is 2.29. The maximum absolute atomic E-state index is 11.9. The Kier molecular flexibility index (Phi) is 4.10. The van der Waals surface area contributed by atoms with Gasteiger partial charge in [-0.25, -0.2) is 0 Å². The Bertz CT molecular complexity index is 413. The number of carbonyl (C=O) groups excluding carboxylic acids is 1. The highest BCUT2D eigenvalue weighted by molar-refractivity contribution is 6.04. The van der Waals surface area contributed by atoms with Crippen LogP contribution in [-0.4, -0.2) is 12.0 Å². The Morgan fingerprint density at radius 2 is 1.71 bits per heavy atom. The van der Waals surface area contributed by atoms with E-state index in [-0.39, 0.29) is 11.6 Å². The zero-order valence-electron chi connectivity index (χ0n) is 9.58. The summed E-state index contributed by atoms with van der Waals surface area (Å²) < 4.78 is 35.6. The standard InChI is InChI=1S/C13H13F3O/c1-9(2)10-3-5-11(6-4-10)12(17)7-8-13(14,15)16/h3-9H,1-2H3/b8-7+. The molecule has 0 aromatic heterocycles. The monoisotopic (exact) mass is 242 g/mol. The van der Waals surface area contributed by atoms with Crippen molar-refractivity contribution in [3.8, 4) is 0 Å². The summed E-state index contributed by atoms with van der Waals surface area (Å²) in [6.45, 7) is 4.00. The first-order valence-corrected chi connectivity index (χ1v) is 5.20. The number of ketones is 1. The van der Waals surface area contributed by atoms with Gasteiger partial charge in [0.25, 0.3) is 0 Å². The Morgan fingerprint density at radius 1 is 1.18 bits per heavy atom. The Hall–Kier alpha value is -1.58. The van der Waals surface area contributed by atoms with Crippen molar-refractivity contribution in [1.29, 1.82) is 0 Å². The first-order valence-electron chi connectivity index (χ1n) is 5.20. The molecule has 92 valence electrons. The van der Waals surface area contributed by atoms with Crippen LogP contribution in [0.2, 0.25) is 0 Å². The molecular weight excluding hydrogens is 229 g/mol. The first kappa shape index (κ1) is 13.5. The van der Waals surface area contributed by atoms with Crippen LogP contribution in [0.25, 0.3) is 0 Å². The van der Waals surface area contributed by atoms with E-state index in [0.717, 1.165) is 5.56 Å². The summed E-state index contributed by atoms with van der Waals surface area (Å²) in [5, 5.41) is 0. The van der Waals surface area contributed by atoms with E-state index >= 15 is 0 Å². The molecule has 17 heavy (non-hydrogen) atoms. The fraction of sp³-hybridized carbons (Fsp3) is 0.308. The second kappa shape index (κ2) is 5.17. The van der Waals surface area contributed by atoms with E-state index in [1.165, 1.54) is 0 Å². The number of halogens is 3. The molecule has 0 N–H and O–H groups in total. The number of benzene rings is 1. The molecule has 0 heterocycles. The molecule has 0 unspecified atom stereocenters. The summed E-state index contributed by atoms with van der Waals surface area (Å²) in [5.41, 5.74) is 1.30. The minimum absolute atomic E-state index is 0.0499. The second-order valence-corrected chi connectivity index (χ2v) is 4.02. The average molecular weight is 242 g/mol. The molecule has 1 rings (SSSR count). The number of hydrogen-bond donors (Lipinski definition) is 0. The van der Waals surface area contributed by atoms with E-state index in [1.54, 1.807) is 24.3 Å². The van der Waals surface area contributed by atoms with E-state index < -0.39 is 12.0 Å². The van der Waals surface area contributed by atoms with E-state index in [0.29, 0.717) is 12.0 Å². The van der Waals surface area contributed by atoms with Crippen LogP contribution in [0.1, 0.15) is 35.7 Å². The third kappa shape index (κ3) is 4.43. The number of carbonyl (C=O) groups is 1. The lowest BCUT2D eigenvalue weighted by atomic mass is 10.0. The molecular formula is C13H13F3O. The van der Waals surface area contributed by atoms with Gasteiger partial charge in [0.05, 0.1) is 0 Å². The van der Waals surface area contributed by atoms with Gasteiger partial charge in [0.2, 0.25) is 0 Å². The molecule has 0 aliphatic rings. The molecule has 0 aliphatic heterocycles. The third-order valence-corrected chi connectivity index (χ3v) is 2.29. The molecule has 0 saturated heterocycles. The van der Waals surface area contributed by atoms with E-state index in [4.69, 9.17) is 0 Å². The number of alkyl halides is 3. The lowest BCUT2D eigenvalue weighted by molar-refractivity contribution is -0.0799. The smallest absolute Gasteiger partial charge is 0.289 e. The Morgan fingerprint density at radius 3 is 2.12 bits per heavy atom. The van der Waals surface area contributed by atoms with Crippen LogP contribution in [0.5, 0.6) is 0 Å². The SMILES string of the molecule is CC(C)c1ccc(C(=O)/C=C/C(F)(F)F)cc1. The molecule has 0 atom stereocenters. The molecule has 1 aromatic carbocycles. The molecule has 1 nitrogen and oxygen atoms in total. The van der Waals surface area contributed by atoms with Gasteiger partial charge in [0.15, 0.2) is 5.78 Å². The molecule has 1 aromatic rings. The normalized spacial score (nSPS) is 12.4. The van der Waals surface area contributed by atoms with Crippen LogP contribution in [0.4, 0.5) is 13.2 Å². The second-order valence-electron chi connectivity index (χ2n) is 4.02. The predicted octanol–water partition coefficient (Wildman–Crippen LogP) is 4.11. The lowest BCUT2D eigenvalue weighted by Gasteiger charge is -2.05. The minimum Gasteiger partial charge on any atom is -0.289 e. The fourth-order valence-corrected chi connectivity index (χ4v) is 1.30. The van der Waals surface area contributed by atoms with Gasteiger partial charge >= 0.3 is 6.18 Å². The molecule has 0 radical (unpaired) electrons. The maximum atomic E-state index is 11.9. The summed E-state index contributed by atoms with van der Waals surface area (Å²) in [6, 6.07) is 6.58. The summed E-state index contributed by atoms with van der Waals surface area (Å²) in [6.07, 6.45) is -3.95. The van der Waals surface area contributed by atoms with Crippen molar-refractivity contribution in [2.24, 2.45) is 0 Å². The predicted molar refractivity (Wildman–Crippen MR) is 60.1 cm³/mol. The summed E-state index contributed by atoms with van der Waals surface area (Å²) >= 11 is 0. The van der Waals surface area contributed by atoms with Crippen LogP contribution in [0, 0.1) is 0 Å². The van der Waals surface area contributed by atoms with Crippen molar-refractivity contribution in [2.75, 3.05) is 0 Å². The van der Waals surface area contributed by atoms with Crippen LogP contribution >= 0.6 is 0 Å². The van der Waals surface area contributed by atoms with Gasteiger partial charge in [-0.1, -0.05) is 38.1 Å². The summed E-state index contributed by atoms with van der Waals surface area (Å²) in [5.74, 6) is -0.317. The first-order chi connectivity index (χ1) is 7.79. The van der Waals surface area contributed by atoms with Crippen molar-refractivity contribution in [2.45, 2.75) is 25.9 Å². The Balaban J connectivity index is 2.81. The summed E-state index contributed by atoms with van der Waals surface area (Å²) in [7, 11) is 0. The van der Waals surface area contributed by atoms with Gasteiger partial charge in [-0.2, -0.15) is 13.2 Å². The van der Waals surface area contributed by atoms with Crippen molar-refractivity contribution in [1.82, 2.24) is 0 Å². The van der Waals surface area contributed by atoms with Crippen LogP contribution < -0.4 is 0 Å². The molecule has 0 bridgehead atoms. The molecule has 0 aliphatic carbocycles.